The number of nitrogens with two attached hydrogens (primary N) is 1. The van der Waals surface area contributed by atoms with E-state index in [4.69, 9.17) is 5.73 Å². The zero-order chi connectivity index (χ0) is 14.8. The fraction of sp³-hybridized carbons (Fsp3) is 0.385. The Balaban J connectivity index is 1.74. The van der Waals surface area contributed by atoms with Crippen molar-refractivity contribution in [1.82, 2.24) is 24.9 Å². The Bertz CT molecular complexity index is 640. The highest BCUT2D eigenvalue weighted by Gasteiger charge is 2.31. The summed E-state index contributed by atoms with van der Waals surface area (Å²) in [6.07, 6.45) is 5.31. The lowest BCUT2D eigenvalue weighted by Crippen LogP contribution is -2.34. The van der Waals surface area contributed by atoms with Crippen LogP contribution in [0.15, 0.2) is 29.0 Å². The number of amides is 1. The van der Waals surface area contributed by atoms with Crippen LogP contribution < -0.4 is 5.73 Å². The monoisotopic (exact) mass is 350 g/mol. The molecule has 1 amide bonds. The van der Waals surface area contributed by atoms with Crippen molar-refractivity contribution in [3.05, 3.63) is 34.7 Å². The number of likely N-dealkylation sites (tertiary alicyclic amines) is 1. The SMILES string of the molecule is Nc1ccc(C2CCCN2C(=O)Cn2cc(Br)cn2)nn1. The Morgan fingerprint density at radius 2 is 2.29 bits per heavy atom. The van der Waals surface area contributed by atoms with Crippen LogP contribution in [0.1, 0.15) is 24.6 Å². The summed E-state index contributed by atoms with van der Waals surface area (Å²) < 4.78 is 2.48. The van der Waals surface area contributed by atoms with Crippen molar-refractivity contribution in [2.24, 2.45) is 0 Å². The first-order chi connectivity index (χ1) is 10.1. The molecule has 8 heteroatoms. The van der Waals surface area contributed by atoms with E-state index in [2.05, 4.69) is 31.2 Å². The summed E-state index contributed by atoms with van der Waals surface area (Å²) in [5, 5.41) is 12.1. The summed E-state index contributed by atoms with van der Waals surface area (Å²) in [6, 6.07) is 3.53. The standard InChI is InChI=1S/C13H15BrN6O/c14-9-6-16-19(7-9)8-13(21)20-5-1-2-11(20)10-3-4-12(15)18-17-10/h3-4,6-7,11H,1-2,5,8H2,(H2,15,18). The van der Waals surface area contributed by atoms with Gasteiger partial charge in [0.2, 0.25) is 5.91 Å². The number of nitrogens with zero attached hydrogens (tertiary/aromatic N) is 5. The number of rotatable bonds is 3. The Morgan fingerprint density at radius 1 is 1.43 bits per heavy atom. The van der Waals surface area contributed by atoms with E-state index in [1.165, 1.54) is 0 Å². The van der Waals surface area contributed by atoms with Gasteiger partial charge in [-0.05, 0) is 40.9 Å². The molecule has 110 valence electrons. The van der Waals surface area contributed by atoms with Gasteiger partial charge in [-0.2, -0.15) is 10.2 Å². The third-order valence-corrected chi connectivity index (χ3v) is 3.93. The molecule has 7 nitrogen and oxygen atoms in total. The third kappa shape index (κ3) is 3.05. The van der Waals surface area contributed by atoms with Gasteiger partial charge < -0.3 is 10.6 Å². The van der Waals surface area contributed by atoms with E-state index < -0.39 is 0 Å². The Morgan fingerprint density at radius 3 is 2.95 bits per heavy atom. The summed E-state index contributed by atoms with van der Waals surface area (Å²) >= 11 is 3.32. The topological polar surface area (TPSA) is 89.9 Å². The average molecular weight is 351 g/mol. The highest BCUT2D eigenvalue weighted by Crippen LogP contribution is 2.30. The maximum Gasteiger partial charge on any atom is 0.244 e. The first-order valence-electron chi connectivity index (χ1n) is 6.70. The van der Waals surface area contributed by atoms with E-state index >= 15 is 0 Å². The molecule has 0 radical (unpaired) electrons. The van der Waals surface area contributed by atoms with Crippen LogP contribution in [-0.2, 0) is 11.3 Å². The summed E-state index contributed by atoms with van der Waals surface area (Å²) in [4.78, 5) is 14.3. The molecule has 0 aliphatic carbocycles. The van der Waals surface area contributed by atoms with E-state index in [1.807, 2.05) is 11.0 Å². The molecule has 0 saturated carbocycles. The van der Waals surface area contributed by atoms with E-state index in [-0.39, 0.29) is 18.5 Å². The smallest absolute Gasteiger partial charge is 0.244 e. The molecule has 2 N–H and O–H groups in total. The summed E-state index contributed by atoms with van der Waals surface area (Å²) in [7, 11) is 0. The van der Waals surface area contributed by atoms with Crippen molar-refractivity contribution in [3.63, 3.8) is 0 Å². The number of nitrogen functional groups attached to an aromatic ring is 1. The molecule has 1 aliphatic rings. The van der Waals surface area contributed by atoms with Gasteiger partial charge in [0.25, 0.3) is 0 Å². The molecule has 0 spiro atoms. The van der Waals surface area contributed by atoms with Gasteiger partial charge in [0, 0.05) is 12.7 Å². The molecule has 1 fully saturated rings. The molecule has 1 saturated heterocycles. The van der Waals surface area contributed by atoms with E-state index in [0.717, 1.165) is 29.6 Å². The number of hydrogen-bond donors (Lipinski definition) is 1. The minimum absolute atomic E-state index is 0.0235. The second-order valence-electron chi connectivity index (χ2n) is 4.98. The van der Waals surface area contributed by atoms with Gasteiger partial charge in [0.15, 0.2) is 0 Å². The molecule has 1 unspecified atom stereocenters. The predicted molar refractivity (Wildman–Crippen MR) is 80.1 cm³/mol. The van der Waals surface area contributed by atoms with E-state index in [1.54, 1.807) is 23.1 Å². The van der Waals surface area contributed by atoms with Gasteiger partial charge in [-0.3, -0.25) is 9.48 Å². The van der Waals surface area contributed by atoms with Gasteiger partial charge in [-0.1, -0.05) is 0 Å². The van der Waals surface area contributed by atoms with Crippen LogP contribution in [0.25, 0.3) is 0 Å². The van der Waals surface area contributed by atoms with Crippen molar-refractivity contribution in [3.8, 4) is 0 Å². The highest BCUT2D eigenvalue weighted by molar-refractivity contribution is 9.10. The average Bonchev–Trinajstić information content (AvgIpc) is 3.09. The van der Waals surface area contributed by atoms with Crippen LogP contribution in [0.2, 0.25) is 0 Å². The lowest BCUT2D eigenvalue weighted by atomic mass is 10.1. The van der Waals surface area contributed by atoms with Crippen molar-refractivity contribution in [1.29, 1.82) is 0 Å². The molecule has 0 bridgehead atoms. The van der Waals surface area contributed by atoms with Crippen LogP contribution in [0, 0.1) is 0 Å². The molecular weight excluding hydrogens is 336 g/mol. The lowest BCUT2D eigenvalue weighted by molar-refractivity contribution is -0.133. The zero-order valence-electron chi connectivity index (χ0n) is 11.3. The van der Waals surface area contributed by atoms with E-state index in [9.17, 15) is 4.79 Å². The molecule has 21 heavy (non-hydrogen) atoms. The Hall–Kier alpha value is -1.96. The normalized spacial score (nSPS) is 18.1. The maximum absolute atomic E-state index is 12.5. The largest absolute Gasteiger partial charge is 0.382 e. The Kier molecular flexibility index (Phi) is 3.87. The van der Waals surface area contributed by atoms with Crippen molar-refractivity contribution in [2.75, 3.05) is 12.3 Å². The maximum atomic E-state index is 12.5. The number of aromatic nitrogens is 4. The number of carbonyl (C=O) groups excluding carboxylic acids is 1. The van der Waals surface area contributed by atoms with Crippen molar-refractivity contribution in [2.45, 2.75) is 25.4 Å². The van der Waals surface area contributed by atoms with Gasteiger partial charge >= 0.3 is 0 Å². The van der Waals surface area contributed by atoms with Crippen LogP contribution in [0.4, 0.5) is 5.82 Å². The fourth-order valence-electron chi connectivity index (χ4n) is 2.56. The van der Waals surface area contributed by atoms with Crippen molar-refractivity contribution >= 4 is 27.7 Å². The van der Waals surface area contributed by atoms with Gasteiger partial charge in [0.05, 0.1) is 22.4 Å². The minimum atomic E-state index is -0.0235. The highest BCUT2D eigenvalue weighted by atomic mass is 79.9. The first kappa shape index (κ1) is 14.0. The Labute approximate surface area is 130 Å². The second kappa shape index (κ2) is 5.80. The van der Waals surface area contributed by atoms with Crippen LogP contribution in [-0.4, -0.2) is 37.3 Å². The number of anilines is 1. The second-order valence-corrected chi connectivity index (χ2v) is 5.90. The fourth-order valence-corrected chi connectivity index (χ4v) is 2.89. The quantitative estimate of drug-likeness (QED) is 0.902. The number of hydrogen-bond acceptors (Lipinski definition) is 5. The number of carbonyl (C=O) groups is 1. The van der Waals surface area contributed by atoms with Crippen LogP contribution >= 0.6 is 15.9 Å². The van der Waals surface area contributed by atoms with Crippen molar-refractivity contribution < 1.29 is 4.79 Å². The molecule has 2 aromatic heterocycles. The van der Waals surface area contributed by atoms with Gasteiger partial charge in [-0.15, -0.1) is 5.10 Å². The summed E-state index contributed by atoms with van der Waals surface area (Å²) in [6.45, 7) is 0.961. The number of halogens is 1. The van der Waals surface area contributed by atoms with E-state index in [0.29, 0.717) is 5.82 Å². The summed E-state index contributed by atoms with van der Waals surface area (Å²) in [5.41, 5.74) is 6.34. The molecule has 2 aromatic rings. The molecule has 0 aromatic carbocycles. The first-order valence-corrected chi connectivity index (χ1v) is 7.49. The molecule has 3 heterocycles. The lowest BCUT2D eigenvalue weighted by Gasteiger charge is -2.24. The van der Waals surface area contributed by atoms with Crippen LogP contribution in [0.3, 0.4) is 0 Å². The van der Waals surface area contributed by atoms with Gasteiger partial charge in [-0.25, -0.2) is 0 Å². The molecule has 1 aliphatic heterocycles. The molecule has 1 atom stereocenters. The van der Waals surface area contributed by atoms with Crippen LogP contribution in [0.5, 0.6) is 0 Å². The summed E-state index contributed by atoms with van der Waals surface area (Å²) in [5.74, 6) is 0.419. The minimum Gasteiger partial charge on any atom is -0.382 e. The predicted octanol–water partition coefficient (Wildman–Crippen LogP) is 1.38. The third-order valence-electron chi connectivity index (χ3n) is 3.52. The van der Waals surface area contributed by atoms with Gasteiger partial charge in [0.1, 0.15) is 12.4 Å². The molecule has 3 rings (SSSR count). The molecular formula is C13H15BrN6O. The zero-order valence-corrected chi connectivity index (χ0v) is 12.9.